The summed E-state index contributed by atoms with van der Waals surface area (Å²) < 4.78 is 5.54. The number of carbonyl (C=O) groups is 2. The van der Waals surface area contributed by atoms with Crippen LogP contribution in [0.1, 0.15) is 19.8 Å². The SMILES string of the molecule is CC(=O)Nc1ccc(NC(=O)CCCOc2ccc(Cl)cc2)cc1. The molecule has 0 heterocycles. The Morgan fingerprint density at radius 3 is 2.12 bits per heavy atom. The predicted molar refractivity (Wildman–Crippen MR) is 95.6 cm³/mol. The molecule has 126 valence electrons. The van der Waals surface area contributed by atoms with E-state index in [0.29, 0.717) is 35.8 Å². The van der Waals surface area contributed by atoms with E-state index >= 15 is 0 Å². The molecule has 0 aliphatic rings. The van der Waals surface area contributed by atoms with E-state index in [4.69, 9.17) is 16.3 Å². The van der Waals surface area contributed by atoms with Crippen LogP contribution in [0.3, 0.4) is 0 Å². The number of hydrogen-bond donors (Lipinski definition) is 2. The van der Waals surface area contributed by atoms with E-state index in [-0.39, 0.29) is 11.8 Å². The molecule has 0 aromatic heterocycles. The van der Waals surface area contributed by atoms with Crippen molar-refractivity contribution in [1.82, 2.24) is 0 Å². The second-order valence-corrected chi connectivity index (χ2v) is 5.65. The summed E-state index contributed by atoms with van der Waals surface area (Å²) in [6.07, 6.45) is 0.972. The molecule has 6 heteroatoms. The Labute approximate surface area is 146 Å². The molecule has 0 spiro atoms. The Bertz CT molecular complexity index is 684. The monoisotopic (exact) mass is 346 g/mol. The van der Waals surface area contributed by atoms with Gasteiger partial charge in [-0.25, -0.2) is 0 Å². The fraction of sp³-hybridized carbons (Fsp3) is 0.222. The van der Waals surface area contributed by atoms with Gasteiger partial charge in [0.1, 0.15) is 5.75 Å². The highest BCUT2D eigenvalue weighted by molar-refractivity contribution is 6.30. The van der Waals surface area contributed by atoms with Crippen molar-refractivity contribution in [2.45, 2.75) is 19.8 Å². The topological polar surface area (TPSA) is 67.4 Å². The van der Waals surface area contributed by atoms with E-state index in [1.54, 1.807) is 48.5 Å². The van der Waals surface area contributed by atoms with E-state index in [2.05, 4.69) is 10.6 Å². The van der Waals surface area contributed by atoms with Gasteiger partial charge in [-0.15, -0.1) is 0 Å². The maximum absolute atomic E-state index is 11.9. The molecule has 0 atom stereocenters. The summed E-state index contributed by atoms with van der Waals surface area (Å²) in [5, 5.41) is 6.13. The van der Waals surface area contributed by atoms with Crippen LogP contribution in [0.5, 0.6) is 5.75 Å². The zero-order chi connectivity index (χ0) is 17.4. The Kier molecular flexibility index (Phi) is 6.63. The Hall–Kier alpha value is -2.53. The van der Waals surface area contributed by atoms with Crippen LogP contribution in [0, 0.1) is 0 Å². The second kappa shape index (κ2) is 8.93. The number of amides is 2. The molecule has 0 saturated heterocycles. The summed E-state index contributed by atoms with van der Waals surface area (Å²) in [4.78, 5) is 22.8. The number of hydrogen-bond acceptors (Lipinski definition) is 3. The van der Waals surface area contributed by atoms with Crippen molar-refractivity contribution in [3.05, 3.63) is 53.6 Å². The second-order valence-electron chi connectivity index (χ2n) is 5.21. The zero-order valence-corrected chi connectivity index (χ0v) is 14.1. The zero-order valence-electron chi connectivity index (χ0n) is 13.3. The van der Waals surface area contributed by atoms with Gasteiger partial charge in [0.15, 0.2) is 0 Å². The largest absolute Gasteiger partial charge is 0.494 e. The van der Waals surface area contributed by atoms with Crippen LogP contribution < -0.4 is 15.4 Å². The fourth-order valence-electron chi connectivity index (χ4n) is 2.02. The van der Waals surface area contributed by atoms with Gasteiger partial charge in [-0.2, -0.15) is 0 Å². The van der Waals surface area contributed by atoms with E-state index in [9.17, 15) is 9.59 Å². The van der Waals surface area contributed by atoms with Crippen molar-refractivity contribution in [1.29, 1.82) is 0 Å². The molecule has 2 rings (SSSR count). The van der Waals surface area contributed by atoms with Crippen LogP contribution in [-0.4, -0.2) is 18.4 Å². The first-order valence-electron chi connectivity index (χ1n) is 7.59. The average molecular weight is 347 g/mol. The average Bonchev–Trinajstić information content (AvgIpc) is 2.55. The third-order valence-corrected chi connectivity index (χ3v) is 3.37. The van der Waals surface area contributed by atoms with Crippen molar-refractivity contribution < 1.29 is 14.3 Å². The molecule has 0 bridgehead atoms. The molecule has 0 aliphatic carbocycles. The van der Waals surface area contributed by atoms with Gasteiger partial charge in [0, 0.05) is 29.7 Å². The normalized spacial score (nSPS) is 10.1. The van der Waals surface area contributed by atoms with Gasteiger partial charge in [-0.1, -0.05) is 11.6 Å². The van der Waals surface area contributed by atoms with Crippen molar-refractivity contribution in [3.63, 3.8) is 0 Å². The molecule has 2 aromatic rings. The van der Waals surface area contributed by atoms with Crippen LogP contribution in [0.25, 0.3) is 0 Å². The van der Waals surface area contributed by atoms with Gasteiger partial charge in [-0.3, -0.25) is 9.59 Å². The van der Waals surface area contributed by atoms with E-state index < -0.39 is 0 Å². The summed E-state index contributed by atoms with van der Waals surface area (Å²) in [7, 11) is 0. The third-order valence-electron chi connectivity index (χ3n) is 3.12. The van der Waals surface area contributed by atoms with E-state index in [1.165, 1.54) is 6.92 Å². The highest BCUT2D eigenvalue weighted by Gasteiger charge is 2.03. The van der Waals surface area contributed by atoms with Gasteiger partial charge in [-0.05, 0) is 55.0 Å². The fourth-order valence-corrected chi connectivity index (χ4v) is 2.14. The smallest absolute Gasteiger partial charge is 0.224 e. The molecule has 0 radical (unpaired) electrons. The predicted octanol–water partition coefficient (Wildman–Crippen LogP) is 4.10. The number of nitrogens with one attached hydrogen (secondary N) is 2. The third kappa shape index (κ3) is 6.30. The van der Waals surface area contributed by atoms with Crippen LogP contribution in [0.15, 0.2) is 48.5 Å². The number of carbonyl (C=O) groups excluding carboxylic acids is 2. The highest BCUT2D eigenvalue weighted by Crippen LogP contribution is 2.16. The summed E-state index contributed by atoms with van der Waals surface area (Å²) >= 11 is 5.80. The first-order valence-corrected chi connectivity index (χ1v) is 7.96. The molecule has 5 nitrogen and oxygen atoms in total. The summed E-state index contributed by atoms with van der Waals surface area (Å²) in [5.41, 5.74) is 1.38. The van der Waals surface area contributed by atoms with Crippen LogP contribution in [0.4, 0.5) is 11.4 Å². The Morgan fingerprint density at radius 1 is 0.958 bits per heavy atom. The van der Waals surface area contributed by atoms with Gasteiger partial charge in [0.25, 0.3) is 0 Å². The molecule has 0 aliphatic heterocycles. The van der Waals surface area contributed by atoms with E-state index in [1.807, 2.05) is 0 Å². The van der Waals surface area contributed by atoms with Gasteiger partial charge >= 0.3 is 0 Å². The maximum atomic E-state index is 11.9. The number of halogens is 1. The quantitative estimate of drug-likeness (QED) is 0.742. The highest BCUT2D eigenvalue weighted by atomic mass is 35.5. The van der Waals surface area contributed by atoms with Gasteiger partial charge in [0.05, 0.1) is 6.61 Å². The molecular formula is C18H19ClN2O3. The van der Waals surface area contributed by atoms with Crippen molar-refractivity contribution >= 4 is 34.8 Å². The van der Waals surface area contributed by atoms with Gasteiger partial charge in [0.2, 0.25) is 11.8 Å². The van der Waals surface area contributed by atoms with Gasteiger partial charge < -0.3 is 15.4 Å². The Balaban J connectivity index is 1.69. The minimum absolute atomic E-state index is 0.0815. The molecule has 0 fully saturated rings. The number of anilines is 2. The number of benzene rings is 2. The lowest BCUT2D eigenvalue weighted by atomic mass is 10.2. The van der Waals surface area contributed by atoms with Crippen molar-refractivity contribution in [3.8, 4) is 5.75 Å². The molecule has 2 N–H and O–H groups in total. The summed E-state index contributed by atoms with van der Waals surface area (Å²) in [5.74, 6) is 0.517. The lowest BCUT2D eigenvalue weighted by Crippen LogP contribution is -2.13. The minimum Gasteiger partial charge on any atom is -0.494 e. The first kappa shape index (κ1) is 17.8. The minimum atomic E-state index is -0.132. The lowest BCUT2D eigenvalue weighted by Gasteiger charge is -2.08. The number of rotatable bonds is 7. The summed E-state index contributed by atoms with van der Waals surface area (Å²) in [6, 6.07) is 14.1. The number of ether oxygens (including phenoxy) is 1. The lowest BCUT2D eigenvalue weighted by molar-refractivity contribution is -0.116. The van der Waals surface area contributed by atoms with E-state index in [0.717, 1.165) is 5.75 Å². The van der Waals surface area contributed by atoms with Crippen LogP contribution in [-0.2, 0) is 9.59 Å². The summed E-state index contributed by atoms with van der Waals surface area (Å²) in [6.45, 7) is 1.90. The molecular weight excluding hydrogens is 328 g/mol. The molecule has 0 saturated carbocycles. The molecule has 0 unspecified atom stereocenters. The standard InChI is InChI=1S/C18H19ClN2O3/c1-13(22)20-15-6-8-16(9-7-15)21-18(23)3-2-12-24-17-10-4-14(19)5-11-17/h4-11H,2-3,12H2,1H3,(H,20,22)(H,21,23). The molecule has 24 heavy (non-hydrogen) atoms. The maximum Gasteiger partial charge on any atom is 0.224 e. The molecule has 2 amide bonds. The van der Waals surface area contributed by atoms with Crippen LogP contribution in [0.2, 0.25) is 5.02 Å². The molecule has 2 aromatic carbocycles. The first-order chi connectivity index (χ1) is 11.5. The van der Waals surface area contributed by atoms with Crippen LogP contribution >= 0.6 is 11.6 Å². The van der Waals surface area contributed by atoms with Crippen molar-refractivity contribution in [2.24, 2.45) is 0 Å². The Morgan fingerprint density at radius 2 is 1.54 bits per heavy atom. The van der Waals surface area contributed by atoms with Crippen molar-refractivity contribution in [2.75, 3.05) is 17.2 Å².